The maximum atomic E-state index is 11.6. The molecule has 0 aromatic heterocycles. The molecule has 0 bridgehead atoms. The molecular weight excluding hydrogens is 192 g/mol. The topological polar surface area (TPSA) is 53.3 Å². The van der Waals surface area contributed by atoms with Crippen LogP contribution in [0.4, 0.5) is 0 Å². The minimum Gasteiger partial charge on any atom is -0.367 e. The van der Waals surface area contributed by atoms with Gasteiger partial charge in [-0.1, -0.05) is 0 Å². The lowest BCUT2D eigenvalue weighted by molar-refractivity contribution is -0.205. The number of rotatable bonds is 1. The van der Waals surface area contributed by atoms with Crippen molar-refractivity contribution in [2.24, 2.45) is 11.3 Å². The minimum absolute atomic E-state index is 0.120. The van der Waals surface area contributed by atoms with Crippen molar-refractivity contribution in [3.8, 4) is 6.07 Å². The van der Waals surface area contributed by atoms with Crippen molar-refractivity contribution in [2.75, 3.05) is 13.1 Å². The van der Waals surface area contributed by atoms with E-state index >= 15 is 0 Å². The van der Waals surface area contributed by atoms with Gasteiger partial charge in [0, 0.05) is 19.0 Å². The Bertz CT molecular complexity index is 267. The molecule has 1 heterocycles. The molecule has 0 atom stereocenters. The number of nitrogens with zero attached hydrogens (tertiary/aromatic N) is 2. The molecule has 1 rings (SSSR count). The monoisotopic (exact) mass is 210 g/mol. The molecule has 1 saturated heterocycles. The number of piperidine rings is 1. The van der Waals surface area contributed by atoms with Gasteiger partial charge in [-0.15, -0.1) is 5.06 Å². The second kappa shape index (κ2) is 4.63. The van der Waals surface area contributed by atoms with E-state index in [0.29, 0.717) is 13.1 Å². The van der Waals surface area contributed by atoms with Crippen molar-refractivity contribution in [3.05, 3.63) is 0 Å². The van der Waals surface area contributed by atoms with Gasteiger partial charge >= 0.3 is 5.97 Å². The number of hydroxylamine groups is 2. The fourth-order valence-electron chi connectivity index (χ4n) is 1.33. The number of carbonyl (C=O) groups excluding carboxylic acids is 1. The van der Waals surface area contributed by atoms with E-state index in [0.717, 1.165) is 12.8 Å². The lowest BCUT2D eigenvalue weighted by atomic mass is 9.97. The second-order valence-electron chi connectivity index (χ2n) is 4.96. The van der Waals surface area contributed by atoms with Crippen LogP contribution < -0.4 is 0 Å². The van der Waals surface area contributed by atoms with Gasteiger partial charge in [-0.25, -0.2) is 4.79 Å². The highest BCUT2D eigenvalue weighted by atomic mass is 16.7. The molecule has 0 saturated carbocycles. The fraction of sp³-hybridized carbons (Fsp3) is 0.818. The SMILES string of the molecule is CC(C)(C)C(=O)ON1CCC(C#N)CC1. The molecule has 1 aliphatic heterocycles. The van der Waals surface area contributed by atoms with Crippen LogP contribution in [0, 0.1) is 22.7 Å². The first-order chi connectivity index (χ1) is 6.93. The zero-order valence-electron chi connectivity index (χ0n) is 9.62. The summed E-state index contributed by atoms with van der Waals surface area (Å²) < 4.78 is 0. The summed E-state index contributed by atoms with van der Waals surface area (Å²) in [5.74, 6) is -0.0903. The first-order valence-electron chi connectivity index (χ1n) is 5.30. The highest BCUT2D eigenvalue weighted by Crippen LogP contribution is 2.20. The quantitative estimate of drug-likeness (QED) is 0.661. The van der Waals surface area contributed by atoms with Crippen molar-refractivity contribution >= 4 is 5.97 Å². The van der Waals surface area contributed by atoms with E-state index in [1.165, 1.54) is 0 Å². The van der Waals surface area contributed by atoms with Crippen LogP contribution in [0.3, 0.4) is 0 Å². The molecule has 0 aromatic carbocycles. The Balaban J connectivity index is 2.37. The van der Waals surface area contributed by atoms with E-state index in [1.54, 1.807) is 5.06 Å². The molecule has 0 aliphatic carbocycles. The molecule has 15 heavy (non-hydrogen) atoms. The molecule has 0 radical (unpaired) electrons. The normalized spacial score (nSPS) is 19.6. The van der Waals surface area contributed by atoms with E-state index in [-0.39, 0.29) is 11.9 Å². The van der Waals surface area contributed by atoms with Gasteiger partial charge in [0.1, 0.15) is 0 Å². The number of carbonyl (C=O) groups is 1. The zero-order chi connectivity index (χ0) is 11.5. The number of hydrogen-bond donors (Lipinski definition) is 0. The first-order valence-corrected chi connectivity index (χ1v) is 5.30. The molecule has 0 N–H and O–H groups in total. The Kier molecular flexibility index (Phi) is 3.70. The van der Waals surface area contributed by atoms with Crippen molar-refractivity contribution in [3.63, 3.8) is 0 Å². The second-order valence-corrected chi connectivity index (χ2v) is 4.96. The Morgan fingerprint density at radius 3 is 2.33 bits per heavy atom. The molecule has 84 valence electrons. The molecule has 0 unspecified atom stereocenters. The molecule has 4 nitrogen and oxygen atoms in total. The van der Waals surface area contributed by atoms with E-state index in [1.807, 2.05) is 20.8 Å². The maximum Gasteiger partial charge on any atom is 0.330 e. The van der Waals surface area contributed by atoms with Gasteiger partial charge in [-0.2, -0.15) is 5.26 Å². The van der Waals surface area contributed by atoms with Crippen molar-refractivity contribution in [2.45, 2.75) is 33.6 Å². The third kappa shape index (κ3) is 3.52. The summed E-state index contributed by atoms with van der Waals surface area (Å²) in [6, 6.07) is 2.24. The number of nitriles is 1. The van der Waals surface area contributed by atoms with Gasteiger partial charge in [-0.3, -0.25) is 0 Å². The van der Waals surface area contributed by atoms with Gasteiger partial charge in [0.25, 0.3) is 0 Å². The van der Waals surface area contributed by atoms with Crippen molar-refractivity contribution < 1.29 is 9.63 Å². The predicted octanol–water partition coefficient (Wildman–Crippen LogP) is 1.73. The Labute approximate surface area is 90.8 Å². The average molecular weight is 210 g/mol. The van der Waals surface area contributed by atoms with Crippen LogP contribution in [0.2, 0.25) is 0 Å². The van der Waals surface area contributed by atoms with Crippen LogP contribution in [-0.2, 0) is 9.63 Å². The third-order valence-corrected chi connectivity index (χ3v) is 2.46. The fourth-order valence-corrected chi connectivity index (χ4v) is 1.33. The summed E-state index contributed by atoms with van der Waals surface area (Å²) in [7, 11) is 0. The lowest BCUT2D eigenvalue weighted by Crippen LogP contribution is -2.38. The molecule has 1 aliphatic rings. The standard InChI is InChI=1S/C11H18N2O2/c1-11(2,3)10(14)15-13-6-4-9(8-12)5-7-13/h9H,4-7H2,1-3H3. The van der Waals surface area contributed by atoms with Crippen molar-refractivity contribution in [1.82, 2.24) is 5.06 Å². The summed E-state index contributed by atoms with van der Waals surface area (Å²) in [4.78, 5) is 16.8. The molecule has 4 heteroatoms. The number of hydrogen-bond acceptors (Lipinski definition) is 4. The van der Waals surface area contributed by atoms with Gasteiger partial charge in [0.15, 0.2) is 0 Å². The van der Waals surface area contributed by atoms with Gasteiger partial charge in [0.05, 0.1) is 11.5 Å². The molecular formula is C11H18N2O2. The van der Waals surface area contributed by atoms with Crippen molar-refractivity contribution in [1.29, 1.82) is 5.26 Å². The van der Waals surface area contributed by atoms with Crippen LogP contribution in [0.1, 0.15) is 33.6 Å². The summed E-state index contributed by atoms with van der Waals surface area (Å²) >= 11 is 0. The van der Waals surface area contributed by atoms with Crippen LogP contribution >= 0.6 is 0 Å². The van der Waals surface area contributed by atoms with E-state index < -0.39 is 5.41 Å². The summed E-state index contributed by atoms with van der Waals surface area (Å²) in [5.41, 5.74) is -0.466. The van der Waals surface area contributed by atoms with Crippen LogP contribution in [-0.4, -0.2) is 24.1 Å². The highest BCUT2D eigenvalue weighted by molar-refractivity contribution is 5.75. The Hall–Kier alpha value is -1.08. The van der Waals surface area contributed by atoms with E-state index in [4.69, 9.17) is 10.1 Å². The van der Waals surface area contributed by atoms with Crippen LogP contribution in [0.5, 0.6) is 0 Å². The molecule has 0 aromatic rings. The first kappa shape index (κ1) is 12.0. The van der Waals surface area contributed by atoms with Gasteiger partial charge < -0.3 is 4.84 Å². The Morgan fingerprint density at radius 2 is 1.93 bits per heavy atom. The summed E-state index contributed by atoms with van der Waals surface area (Å²) in [6.07, 6.45) is 1.57. The molecule has 1 fully saturated rings. The Morgan fingerprint density at radius 1 is 1.40 bits per heavy atom. The average Bonchev–Trinajstić information content (AvgIpc) is 2.17. The largest absolute Gasteiger partial charge is 0.367 e. The maximum absolute atomic E-state index is 11.6. The molecule has 0 amide bonds. The molecule has 0 spiro atoms. The smallest absolute Gasteiger partial charge is 0.330 e. The highest BCUT2D eigenvalue weighted by Gasteiger charge is 2.28. The lowest BCUT2D eigenvalue weighted by Gasteiger charge is -2.29. The van der Waals surface area contributed by atoms with E-state index in [2.05, 4.69) is 6.07 Å². The third-order valence-electron chi connectivity index (χ3n) is 2.46. The summed E-state index contributed by atoms with van der Waals surface area (Å²) in [6.45, 7) is 6.83. The zero-order valence-corrected chi connectivity index (χ0v) is 9.62. The summed E-state index contributed by atoms with van der Waals surface area (Å²) in [5, 5.41) is 10.4. The van der Waals surface area contributed by atoms with Gasteiger partial charge in [0.2, 0.25) is 0 Å². The van der Waals surface area contributed by atoms with E-state index in [9.17, 15) is 4.79 Å². The van der Waals surface area contributed by atoms with Crippen LogP contribution in [0.25, 0.3) is 0 Å². The van der Waals surface area contributed by atoms with Gasteiger partial charge in [-0.05, 0) is 33.6 Å². The van der Waals surface area contributed by atoms with Crippen LogP contribution in [0.15, 0.2) is 0 Å². The minimum atomic E-state index is -0.466. The predicted molar refractivity (Wildman–Crippen MR) is 55.5 cm³/mol.